The lowest BCUT2D eigenvalue weighted by Crippen LogP contribution is -2.47. The van der Waals surface area contributed by atoms with Crippen molar-refractivity contribution in [2.24, 2.45) is 5.92 Å². The molecule has 4 heteroatoms. The molecule has 1 amide bonds. The predicted octanol–water partition coefficient (Wildman–Crippen LogP) is 2.38. The van der Waals surface area contributed by atoms with E-state index in [0.29, 0.717) is 0 Å². The van der Waals surface area contributed by atoms with E-state index in [1.807, 2.05) is 30.3 Å². The minimum absolute atomic E-state index is 0.0703. The summed E-state index contributed by atoms with van der Waals surface area (Å²) in [6.07, 6.45) is 5.30. The zero-order valence-corrected chi connectivity index (χ0v) is 11.5. The van der Waals surface area contributed by atoms with Crippen LogP contribution in [0.2, 0.25) is 0 Å². The maximum Gasteiger partial charge on any atom is 0.326 e. The molecule has 1 atom stereocenters. The van der Waals surface area contributed by atoms with E-state index >= 15 is 0 Å². The van der Waals surface area contributed by atoms with E-state index in [0.717, 1.165) is 31.2 Å². The maximum absolute atomic E-state index is 12.0. The zero-order chi connectivity index (χ0) is 14.4. The number of carboxylic acids is 1. The van der Waals surface area contributed by atoms with Crippen molar-refractivity contribution in [3.8, 4) is 0 Å². The molecule has 0 saturated heterocycles. The lowest BCUT2D eigenvalue weighted by molar-refractivity contribution is -0.143. The SMILES string of the molecule is O=C(Cc1ccccc1)N[C@H](C(=O)O)C1CCCCC1. The van der Waals surface area contributed by atoms with Gasteiger partial charge in [0, 0.05) is 0 Å². The lowest BCUT2D eigenvalue weighted by atomic mass is 9.84. The molecule has 2 rings (SSSR count). The Balaban J connectivity index is 1.93. The Morgan fingerprint density at radius 1 is 1.15 bits per heavy atom. The minimum Gasteiger partial charge on any atom is -0.480 e. The van der Waals surface area contributed by atoms with Gasteiger partial charge in [0.05, 0.1) is 6.42 Å². The summed E-state index contributed by atoms with van der Waals surface area (Å²) in [7, 11) is 0. The van der Waals surface area contributed by atoms with Crippen molar-refractivity contribution in [2.45, 2.75) is 44.6 Å². The molecular formula is C16H21NO3. The molecule has 1 aromatic rings. The standard InChI is InChI=1S/C16H21NO3/c18-14(11-12-7-3-1-4-8-12)17-15(16(19)20)13-9-5-2-6-10-13/h1,3-4,7-8,13,15H,2,5-6,9-11H2,(H,17,18)(H,19,20)/t15-/m0/s1. The van der Waals surface area contributed by atoms with Crippen molar-refractivity contribution < 1.29 is 14.7 Å². The van der Waals surface area contributed by atoms with Crippen LogP contribution in [-0.2, 0) is 16.0 Å². The summed E-state index contributed by atoms with van der Waals surface area (Å²) in [6.45, 7) is 0. The van der Waals surface area contributed by atoms with Gasteiger partial charge in [-0.1, -0.05) is 49.6 Å². The molecule has 1 aliphatic carbocycles. The summed E-state index contributed by atoms with van der Waals surface area (Å²) in [4.78, 5) is 23.4. The maximum atomic E-state index is 12.0. The number of carboxylic acid groups (broad SMARTS) is 1. The Kier molecular flexibility index (Phi) is 5.16. The summed E-state index contributed by atoms with van der Waals surface area (Å²) < 4.78 is 0. The third-order valence-electron chi connectivity index (χ3n) is 3.91. The van der Waals surface area contributed by atoms with Gasteiger partial charge in [-0.05, 0) is 24.3 Å². The molecule has 0 unspecified atom stereocenters. The highest BCUT2D eigenvalue weighted by Crippen LogP contribution is 2.26. The Morgan fingerprint density at radius 3 is 2.40 bits per heavy atom. The molecule has 1 aromatic carbocycles. The summed E-state index contributed by atoms with van der Waals surface area (Å²) in [5.41, 5.74) is 0.901. The molecule has 0 spiro atoms. The molecule has 20 heavy (non-hydrogen) atoms. The molecule has 0 bridgehead atoms. The van der Waals surface area contributed by atoms with Crippen LogP contribution in [0.25, 0.3) is 0 Å². The van der Waals surface area contributed by atoms with Crippen LogP contribution < -0.4 is 5.32 Å². The van der Waals surface area contributed by atoms with Crippen molar-refractivity contribution in [3.63, 3.8) is 0 Å². The number of benzene rings is 1. The number of rotatable bonds is 5. The van der Waals surface area contributed by atoms with Gasteiger partial charge in [-0.15, -0.1) is 0 Å². The van der Waals surface area contributed by atoms with Crippen LogP contribution in [-0.4, -0.2) is 23.0 Å². The molecule has 1 aliphatic rings. The third-order valence-corrected chi connectivity index (χ3v) is 3.91. The van der Waals surface area contributed by atoms with Gasteiger partial charge in [0.1, 0.15) is 6.04 Å². The average molecular weight is 275 g/mol. The largest absolute Gasteiger partial charge is 0.480 e. The number of hydrogen-bond donors (Lipinski definition) is 2. The highest BCUT2D eigenvalue weighted by Gasteiger charge is 2.30. The number of carbonyl (C=O) groups excluding carboxylic acids is 1. The number of nitrogens with one attached hydrogen (secondary N) is 1. The fourth-order valence-electron chi connectivity index (χ4n) is 2.85. The van der Waals surface area contributed by atoms with E-state index in [1.54, 1.807) is 0 Å². The van der Waals surface area contributed by atoms with Gasteiger partial charge in [0.2, 0.25) is 5.91 Å². The molecule has 0 heterocycles. The average Bonchev–Trinajstić information content (AvgIpc) is 2.46. The first-order valence-electron chi connectivity index (χ1n) is 7.23. The van der Waals surface area contributed by atoms with Crippen molar-refractivity contribution in [1.82, 2.24) is 5.32 Å². The Bertz CT molecular complexity index is 452. The number of carbonyl (C=O) groups is 2. The number of hydrogen-bond acceptors (Lipinski definition) is 2. The normalized spacial score (nSPS) is 17.4. The smallest absolute Gasteiger partial charge is 0.326 e. The van der Waals surface area contributed by atoms with E-state index in [1.165, 1.54) is 6.42 Å². The summed E-state index contributed by atoms with van der Waals surface area (Å²) in [5, 5.41) is 12.0. The van der Waals surface area contributed by atoms with Gasteiger partial charge in [-0.3, -0.25) is 4.79 Å². The second kappa shape index (κ2) is 7.08. The molecule has 0 aliphatic heterocycles. The van der Waals surface area contributed by atoms with Gasteiger partial charge in [-0.25, -0.2) is 4.79 Å². The molecule has 0 aromatic heterocycles. The fraction of sp³-hybridized carbons (Fsp3) is 0.500. The van der Waals surface area contributed by atoms with Crippen LogP contribution in [0, 0.1) is 5.92 Å². The van der Waals surface area contributed by atoms with E-state index in [-0.39, 0.29) is 18.2 Å². The zero-order valence-electron chi connectivity index (χ0n) is 11.5. The molecule has 108 valence electrons. The van der Waals surface area contributed by atoms with Crippen molar-refractivity contribution >= 4 is 11.9 Å². The monoisotopic (exact) mass is 275 g/mol. The van der Waals surface area contributed by atoms with Crippen molar-refractivity contribution in [2.75, 3.05) is 0 Å². The van der Waals surface area contributed by atoms with E-state index in [4.69, 9.17) is 0 Å². The van der Waals surface area contributed by atoms with Crippen molar-refractivity contribution in [1.29, 1.82) is 0 Å². The highest BCUT2D eigenvalue weighted by atomic mass is 16.4. The van der Waals surface area contributed by atoms with Crippen molar-refractivity contribution in [3.05, 3.63) is 35.9 Å². The van der Waals surface area contributed by atoms with Gasteiger partial charge < -0.3 is 10.4 Å². The van der Waals surface area contributed by atoms with Crippen LogP contribution in [0.5, 0.6) is 0 Å². The fourth-order valence-corrected chi connectivity index (χ4v) is 2.85. The van der Waals surface area contributed by atoms with Crippen LogP contribution in [0.3, 0.4) is 0 Å². The second-order valence-corrected chi connectivity index (χ2v) is 5.44. The first-order valence-corrected chi connectivity index (χ1v) is 7.23. The molecule has 1 fully saturated rings. The van der Waals surface area contributed by atoms with Crippen LogP contribution in [0.4, 0.5) is 0 Å². The molecule has 0 radical (unpaired) electrons. The van der Waals surface area contributed by atoms with Gasteiger partial charge >= 0.3 is 5.97 Å². The van der Waals surface area contributed by atoms with Gasteiger partial charge in [0.15, 0.2) is 0 Å². The number of aliphatic carboxylic acids is 1. The summed E-state index contributed by atoms with van der Waals surface area (Å²) in [5.74, 6) is -1.06. The quantitative estimate of drug-likeness (QED) is 0.867. The molecule has 2 N–H and O–H groups in total. The lowest BCUT2D eigenvalue weighted by Gasteiger charge is -2.28. The molecule has 4 nitrogen and oxygen atoms in total. The first kappa shape index (κ1) is 14.6. The summed E-state index contributed by atoms with van der Waals surface area (Å²) >= 11 is 0. The molecule has 1 saturated carbocycles. The third kappa shape index (κ3) is 4.08. The van der Waals surface area contributed by atoms with Crippen LogP contribution in [0.1, 0.15) is 37.7 Å². The predicted molar refractivity (Wildman–Crippen MR) is 76.3 cm³/mol. The highest BCUT2D eigenvalue weighted by molar-refractivity contribution is 5.85. The van der Waals surface area contributed by atoms with Crippen LogP contribution in [0.15, 0.2) is 30.3 Å². The topological polar surface area (TPSA) is 66.4 Å². The Labute approximate surface area is 119 Å². The van der Waals surface area contributed by atoms with Crippen LogP contribution >= 0.6 is 0 Å². The Morgan fingerprint density at radius 2 is 1.80 bits per heavy atom. The minimum atomic E-state index is -0.918. The molecular weight excluding hydrogens is 254 g/mol. The number of amides is 1. The van der Waals surface area contributed by atoms with Gasteiger partial charge in [0.25, 0.3) is 0 Å². The second-order valence-electron chi connectivity index (χ2n) is 5.44. The van der Waals surface area contributed by atoms with E-state index in [9.17, 15) is 14.7 Å². The van der Waals surface area contributed by atoms with E-state index in [2.05, 4.69) is 5.32 Å². The van der Waals surface area contributed by atoms with Gasteiger partial charge in [-0.2, -0.15) is 0 Å². The van der Waals surface area contributed by atoms with E-state index < -0.39 is 12.0 Å². The Hall–Kier alpha value is -1.84. The first-order chi connectivity index (χ1) is 9.66. The summed E-state index contributed by atoms with van der Waals surface area (Å²) in [6, 6.07) is 8.64.